The molecule has 0 spiro atoms. The van der Waals surface area contributed by atoms with Crippen molar-refractivity contribution in [2.45, 2.75) is 78.1 Å². The lowest BCUT2D eigenvalue weighted by Crippen LogP contribution is -2.37. The van der Waals surface area contributed by atoms with Crippen LogP contribution in [0.4, 0.5) is 13.2 Å². The Bertz CT molecular complexity index is 2550. The Balaban J connectivity index is 0.000000190. The van der Waals surface area contributed by atoms with E-state index in [1.807, 2.05) is 15.9 Å². The van der Waals surface area contributed by atoms with Crippen molar-refractivity contribution < 1.29 is 39.6 Å². The van der Waals surface area contributed by atoms with Gasteiger partial charge in [-0.3, -0.25) is 14.5 Å². The molecular formula is C43H59F3N8O6S2. The van der Waals surface area contributed by atoms with E-state index in [0.717, 1.165) is 66.3 Å². The number of alkyl halides is 3. The van der Waals surface area contributed by atoms with Crippen molar-refractivity contribution in [1.29, 1.82) is 0 Å². The summed E-state index contributed by atoms with van der Waals surface area (Å²) in [6, 6.07) is 10.4. The van der Waals surface area contributed by atoms with E-state index in [0.29, 0.717) is 89.7 Å². The van der Waals surface area contributed by atoms with Crippen LogP contribution >= 0.6 is 0 Å². The molecule has 14 nitrogen and oxygen atoms in total. The second-order valence-corrected chi connectivity index (χ2v) is 21.7. The van der Waals surface area contributed by atoms with Crippen molar-refractivity contribution in [3.8, 4) is 0 Å². The van der Waals surface area contributed by atoms with E-state index in [4.69, 9.17) is 0 Å². The molecule has 2 aromatic carbocycles. The maximum absolute atomic E-state index is 13.2. The number of nitrogens with zero attached hydrogens (tertiary/aromatic N) is 7. The first-order valence-electron chi connectivity index (χ1n) is 21.5. The molecule has 4 aliphatic rings. The van der Waals surface area contributed by atoms with Gasteiger partial charge in [0.15, 0.2) is 0 Å². The fourth-order valence-corrected chi connectivity index (χ4v) is 11.4. The molecule has 1 N–H and O–H groups in total. The Kier molecular flexibility index (Phi) is 13.3. The van der Waals surface area contributed by atoms with Crippen LogP contribution < -0.4 is 5.32 Å². The van der Waals surface area contributed by atoms with Gasteiger partial charge in [0.2, 0.25) is 0 Å². The lowest BCUT2D eigenvalue weighted by molar-refractivity contribution is -0.138. The van der Waals surface area contributed by atoms with Crippen LogP contribution in [0.3, 0.4) is 0 Å². The number of benzene rings is 2. The first-order valence-corrected chi connectivity index (χ1v) is 24.2. The predicted molar refractivity (Wildman–Crippen MR) is 234 cm³/mol. The Morgan fingerprint density at radius 1 is 0.694 bits per heavy atom. The molecule has 2 saturated heterocycles. The summed E-state index contributed by atoms with van der Waals surface area (Å²) in [6.45, 7) is 9.05. The number of carbonyl (C=O) groups excluding carboxylic acids is 2. The van der Waals surface area contributed by atoms with E-state index in [2.05, 4.69) is 19.2 Å². The Morgan fingerprint density at radius 2 is 1.15 bits per heavy atom. The number of hydrogen-bond acceptors (Lipinski definition) is 8. The number of hydrogen-bond donors (Lipinski definition) is 1. The van der Waals surface area contributed by atoms with Crippen LogP contribution in [0.5, 0.6) is 0 Å². The second-order valence-electron chi connectivity index (χ2n) is 17.7. The summed E-state index contributed by atoms with van der Waals surface area (Å²) in [4.78, 5) is 31.6. The van der Waals surface area contributed by atoms with Crippen molar-refractivity contribution in [2.75, 3.05) is 74.0 Å². The van der Waals surface area contributed by atoms with E-state index in [-0.39, 0.29) is 24.9 Å². The molecule has 4 aliphatic heterocycles. The zero-order chi connectivity index (χ0) is 44.9. The predicted octanol–water partition coefficient (Wildman–Crippen LogP) is 5.29. The topological polar surface area (TPSA) is 141 Å². The lowest BCUT2D eigenvalue weighted by Gasteiger charge is -2.30. The number of amides is 2. The molecule has 0 bridgehead atoms. The fourth-order valence-electron chi connectivity index (χ4n) is 9.01. The molecule has 19 heteroatoms. The van der Waals surface area contributed by atoms with E-state index >= 15 is 0 Å². The van der Waals surface area contributed by atoms with E-state index in [1.165, 1.54) is 26.3 Å². The first-order chi connectivity index (χ1) is 29.2. The standard InChI is InChI=1S/C23H31F3N4O3S.C20H28N4O3S/c1-16-6-11-29(12-7-16)22(31)17-4-5-20-18(14-17)19-15-28(13-9-23(24,25)26)10-8-21(19)30(20)34(32,33)27(2)3;1-14-7-10-23(11-8-14)20(25)15-4-5-18-16(12-15)17-13-21-9-6-19(17)24(18)28(26,27)22(2)3/h4-5,14,16H,6-13,15H2,1-3H3;4-5,12,14,21H,6-11,13H2,1-3H3. The van der Waals surface area contributed by atoms with E-state index < -0.39 is 33.0 Å². The summed E-state index contributed by atoms with van der Waals surface area (Å²) in [6.07, 6.45) is -0.283. The van der Waals surface area contributed by atoms with Crippen LogP contribution in [0.25, 0.3) is 21.8 Å². The van der Waals surface area contributed by atoms with Crippen molar-refractivity contribution >= 4 is 54.0 Å². The average Bonchev–Trinajstić information content (AvgIpc) is 3.75. The molecule has 0 unspecified atom stereocenters. The average molecular weight is 905 g/mol. The smallest absolute Gasteiger partial charge is 0.339 e. The van der Waals surface area contributed by atoms with Crippen LogP contribution in [-0.4, -0.2) is 140 Å². The molecule has 62 heavy (non-hydrogen) atoms. The summed E-state index contributed by atoms with van der Waals surface area (Å²) in [7, 11) is -1.51. The molecule has 0 saturated carbocycles. The van der Waals surface area contributed by atoms with Crippen LogP contribution in [0.1, 0.15) is 89.2 Å². The molecule has 2 fully saturated rings. The minimum absolute atomic E-state index is 0.0366. The van der Waals surface area contributed by atoms with Crippen molar-refractivity contribution in [2.24, 2.45) is 11.8 Å². The van der Waals surface area contributed by atoms with Gasteiger partial charge in [0.1, 0.15) is 0 Å². The largest absolute Gasteiger partial charge is 0.390 e. The maximum Gasteiger partial charge on any atom is 0.390 e. The first kappa shape index (κ1) is 46.0. The van der Waals surface area contributed by atoms with E-state index in [9.17, 15) is 39.6 Å². The third-order valence-corrected chi connectivity index (χ3v) is 16.5. The normalized spacial score (nSPS) is 18.6. The van der Waals surface area contributed by atoms with Crippen molar-refractivity contribution in [3.63, 3.8) is 0 Å². The zero-order valence-electron chi connectivity index (χ0n) is 36.5. The van der Waals surface area contributed by atoms with Gasteiger partial charge in [-0.15, -0.1) is 0 Å². The quantitative estimate of drug-likeness (QED) is 0.252. The Hall–Kier alpha value is -4.01. The third-order valence-electron chi connectivity index (χ3n) is 12.9. The highest BCUT2D eigenvalue weighted by Gasteiger charge is 2.34. The van der Waals surface area contributed by atoms with Gasteiger partial charge < -0.3 is 15.1 Å². The monoisotopic (exact) mass is 904 g/mol. The molecule has 2 amide bonds. The second kappa shape index (κ2) is 17.9. The summed E-state index contributed by atoms with van der Waals surface area (Å²) < 4.78 is 95.8. The van der Waals surface area contributed by atoms with Gasteiger partial charge in [-0.05, 0) is 85.0 Å². The van der Waals surface area contributed by atoms with Crippen LogP contribution in [0, 0.1) is 11.8 Å². The lowest BCUT2D eigenvalue weighted by atomic mass is 9.98. The molecule has 0 radical (unpaired) electrons. The van der Waals surface area contributed by atoms with Crippen molar-refractivity contribution in [1.82, 2.24) is 36.6 Å². The molecule has 340 valence electrons. The Morgan fingerprint density at radius 3 is 1.60 bits per heavy atom. The van der Waals surface area contributed by atoms with Gasteiger partial charge in [0, 0.05) is 133 Å². The van der Waals surface area contributed by atoms with Gasteiger partial charge in [-0.2, -0.15) is 38.6 Å². The number of carbonyl (C=O) groups is 2. The van der Waals surface area contributed by atoms with Crippen molar-refractivity contribution in [3.05, 3.63) is 70.0 Å². The fraction of sp³-hybridized carbons (Fsp3) is 0.581. The van der Waals surface area contributed by atoms with Crippen LogP contribution in [0.15, 0.2) is 36.4 Å². The van der Waals surface area contributed by atoms with Gasteiger partial charge in [0.25, 0.3) is 11.8 Å². The SMILES string of the molecule is CC1CCN(C(=O)c2ccc3c(c2)c2c(n3S(=O)(=O)N(C)C)CCN(CCC(F)(F)F)C2)CC1.CC1CCN(C(=O)c2ccc3c(c2)c2c(n3S(=O)(=O)N(C)C)CCNC2)CC1. The number of likely N-dealkylation sites (tertiary alicyclic amines) is 2. The van der Waals surface area contributed by atoms with Crippen LogP contribution in [-0.2, 0) is 46.3 Å². The number of rotatable bonds is 8. The maximum atomic E-state index is 13.2. The minimum atomic E-state index is -4.26. The van der Waals surface area contributed by atoms with Gasteiger partial charge in [-0.25, -0.2) is 7.94 Å². The van der Waals surface area contributed by atoms with Crippen LogP contribution in [0.2, 0.25) is 0 Å². The highest BCUT2D eigenvalue weighted by atomic mass is 32.2. The van der Waals surface area contributed by atoms with E-state index in [1.54, 1.807) is 49.3 Å². The zero-order valence-corrected chi connectivity index (χ0v) is 38.1. The number of aromatic nitrogens is 2. The third kappa shape index (κ3) is 9.16. The summed E-state index contributed by atoms with van der Waals surface area (Å²) >= 11 is 0. The molecule has 8 rings (SSSR count). The molecule has 2 aromatic heterocycles. The molecule has 6 heterocycles. The molecule has 0 aliphatic carbocycles. The summed E-state index contributed by atoms with van der Waals surface area (Å²) in [5.41, 5.74) is 5.24. The molecule has 4 aromatic rings. The van der Waals surface area contributed by atoms with Gasteiger partial charge in [-0.1, -0.05) is 13.8 Å². The molecular weight excluding hydrogens is 846 g/mol. The number of piperidine rings is 2. The Labute approximate surface area is 362 Å². The highest BCUT2D eigenvalue weighted by molar-refractivity contribution is 7.88. The highest BCUT2D eigenvalue weighted by Crippen LogP contribution is 2.36. The van der Waals surface area contributed by atoms with Gasteiger partial charge >= 0.3 is 26.6 Å². The minimum Gasteiger partial charge on any atom is -0.339 e. The summed E-state index contributed by atoms with van der Waals surface area (Å²) in [5.74, 6) is 1.17. The number of nitrogens with one attached hydrogen (secondary N) is 1. The van der Waals surface area contributed by atoms with Gasteiger partial charge in [0.05, 0.1) is 17.5 Å². The number of halogens is 3. The molecule has 0 atom stereocenters. The summed E-state index contributed by atoms with van der Waals surface area (Å²) in [5, 5.41) is 4.78. The number of fused-ring (bicyclic) bond motifs is 6.